The Morgan fingerprint density at radius 3 is 2.58 bits per heavy atom. The predicted octanol–water partition coefficient (Wildman–Crippen LogP) is 1.64. The molecule has 0 bridgehead atoms. The summed E-state index contributed by atoms with van der Waals surface area (Å²) in [5, 5.41) is 0. The summed E-state index contributed by atoms with van der Waals surface area (Å²) in [5.41, 5.74) is 5.62. The van der Waals surface area contributed by atoms with E-state index in [4.69, 9.17) is 10.5 Å². The van der Waals surface area contributed by atoms with Gasteiger partial charge in [-0.2, -0.15) is 11.8 Å². The molecule has 1 aliphatic heterocycles. The number of hydrogen-bond acceptors (Lipinski definition) is 3. The summed E-state index contributed by atoms with van der Waals surface area (Å²) in [6.45, 7) is 4.88. The number of hydrogen-bond donors (Lipinski definition) is 1. The fourth-order valence-electron chi connectivity index (χ4n) is 1.78. The van der Waals surface area contributed by atoms with Crippen molar-refractivity contribution in [3.8, 4) is 0 Å². The van der Waals surface area contributed by atoms with Gasteiger partial charge in [0.1, 0.15) is 0 Å². The molecule has 12 heavy (non-hydrogen) atoms. The minimum Gasteiger partial charge on any atom is -0.381 e. The van der Waals surface area contributed by atoms with Crippen LogP contribution in [0, 0.1) is 0 Å². The van der Waals surface area contributed by atoms with E-state index >= 15 is 0 Å². The molecule has 1 saturated heterocycles. The first-order valence-corrected chi connectivity index (χ1v) is 5.73. The van der Waals surface area contributed by atoms with Crippen molar-refractivity contribution >= 4 is 11.8 Å². The molecule has 1 rings (SSSR count). The van der Waals surface area contributed by atoms with Crippen LogP contribution in [-0.2, 0) is 4.74 Å². The van der Waals surface area contributed by atoms with E-state index in [0.29, 0.717) is 4.75 Å². The van der Waals surface area contributed by atoms with Crippen LogP contribution in [0.3, 0.4) is 0 Å². The van der Waals surface area contributed by atoms with Gasteiger partial charge in [0.25, 0.3) is 0 Å². The van der Waals surface area contributed by atoms with Crippen molar-refractivity contribution in [1.82, 2.24) is 0 Å². The molecule has 72 valence electrons. The fourth-order valence-corrected chi connectivity index (χ4v) is 3.11. The third-order valence-electron chi connectivity index (χ3n) is 2.45. The first-order valence-electron chi connectivity index (χ1n) is 4.75. The van der Waals surface area contributed by atoms with Crippen LogP contribution in [0.15, 0.2) is 0 Å². The second kappa shape index (κ2) is 5.10. The second-order valence-electron chi connectivity index (χ2n) is 3.27. The monoisotopic (exact) mass is 189 g/mol. The molecule has 0 aromatic heterocycles. The van der Waals surface area contributed by atoms with Crippen molar-refractivity contribution in [2.24, 2.45) is 5.73 Å². The number of nitrogens with two attached hydrogens (primary N) is 1. The highest BCUT2D eigenvalue weighted by molar-refractivity contribution is 8.00. The standard InChI is InChI=1S/C9H19NOS/c1-2-12-9(3-6-10)4-7-11-8-5-9/h2-8,10H2,1H3. The highest BCUT2D eigenvalue weighted by atomic mass is 32.2. The van der Waals surface area contributed by atoms with Gasteiger partial charge in [-0.1, -0.05) is 6.92 Å². The Balaban J connectivity index is 2.44. The highest BCUT2D eigenvalue weighted by Gasteiger charge is 2.31. The van der Waals surface area contributed by atoms with Crippen LogP contribution in [0.5, 0.6) is 0 Å². The third-order valence-corrected chi connectivity index (χ3v) is 3.97. The van der Waals surface area contributed by atoms with Crippen molar-refractivity contribution in [3.05, 3.63) is 0 Å². The van der Waals surface area contributed by atoms with Crippen molar-refractivity contribution in [2.45, 2.75) is 30.9 Å². The lowest BCUT2D eigenvalue weighted by molar-refractivity contribution is 0.0758. The largest absolute Gasteiger partial charge is 0.381 e. The lowest BCUT2D eigenvalue weighted by Gasteiger charge is -2.36. The van der Waals surface area contributed by atoms with Gasteiger partial charge in [-0.3, -0.25) is 0 Å². The molecule has 0 amide bonds. The van der Waals surface area contributed by atoms with E-state index in [-0.39, 0.29) is 0 Å². The summed E-state index contributed by atoms with van der Waals surface area (Å²) in [5.74, 6) is 1.19. The first-order chi connectivity index (χ1) is 5.83. The molecule has 0 aromatic carbocycles. The summed E-state index contributed by atoms with van der Waals surface area (Å²) >= 11 is 2.06. The molecule has 0 saturated carbocycles. The molecule has 0 unspecified atom stereocenters. The van der Waals surface area contributed by atoms with Gasteiger partial charge in [0, 0.05) is 18.0 Å². The summed E-state index contributed by atoms with van der Waals surface area (Å²) in [6, 6.07) is 0. The van der Waals surface area contributed by atoms with Gasteiger partial charge >= 0.3 is 0 Å². The van der Waals surface area contributed by atoms with Crippen LogP contribution >= 0.6 is 11.8 Å². The zero-order valence-electron chi connectivity index (χ0n) is 7.84. The zero-order valence-corrected chi connectivity index (χ0v) is 8.66. The molecule has 3 heteroatoms. The van der Waals surface area contributed by atoms with Gasteiger partial charge in [-0.25, -0.2) is 0 Å². The van der Waals surface area contributed by atoms with Crippen LogP contribution in [0.2, 0.25) is 0 Å². The molecular formula is C9H19NOS. The summed E-state index contributed by atoms with van der Waals surface area (Å²) in [7, 11) is 0. The lowest BCUT2D eigenvalue weighted by atomic mass is 9.95. The molecular weight excluding hydrogens is 170 g/mol. The Bertz CT molecular complexity index is 108. The Kier molecular flexibility index (Phi) is 4.40. The topological polar surface area (TPSA) is 35.2 Å². The normalized spacial score (nSPS) is 22.5. The lowest BCUT2D eigenvalue weighted by Crippen LogP contribution is -2.35. The molecule has 0 radical (unpaired) electrons. The molecule has 0 aromatic rings. The van der Waals surface area contributed by atoms with E-state index in [9.17, 15) is 0 Å². The average Bonchev–Trinajstić information content (AvgIpc) is 2.07. The molecule has 0 spiro atoms. The maximum absolute atomic E-state index is 5.62. The number of thioether (sulfide) groups is 1. The molecule has 1 heterocycles. The Morgan fingerprint density at radius 1 is 1.42 bits per heavy atom. The third kappa shape index (κ3) is 2.64. The van der Waals surface area contributed by atoms with Crippen molar-refractivity contribution < 1.29 is 4.74 Å². The Morgan fingerprint density at radius 2 is 2.08 bits per heavy atom. The molecule has 1 aliphatic rings. The van der Waals surface area contributed by atoms with E-state index in [0.717, 1.165) is 26.2 Å². The van der Waals surface area contributed by atoms with Gasteiger partial charge in [0.15, 0.2) is 0 Å². The maximum atomic E-state index is 5.62. The summed E-state index contributed by atoms with van der Waals surface area (Å²) < 4.78 is 5.81. The van der Waals surface area contributed by atoms with Crippen LogP contribution in [0.25, 0.3) is 0 Å². The van der Waals surface area contributed by atoms with Gasteiger partial charge in [-0.05, 0) is 31.6 Å². The molecule has 0 aliphatic carbocycles. The van der Waals surface area contributed by atoms with Crippen molar-refractivity contribution in [2.75, 3.05) is 25.5 Å². The fraction of sp³-hybridized carbons (Fsp3) is 1.00. The average molecular weight is 189 g/mol. The second-order valence-corrected chi connectivity index (χ2v) is 5.00. The minimum absolute atomic E-state index is 0.446. The minimum atomic E-state index is 0.446. The number of rotatable bonds is 4. The van der Waals surface area contributed by atoms with Crippen molar-refractivity contribution in [3.63, 3.8) is 0 Å². The smallest absolute Gasteiger partial charge is 0.0479 e. The van der Waals surface area contributed by atoms with Gasteiger partial charge in [0.05, 0.1) is 0 Å². The van der Waals surface area contributed by atoms with E-state index < -0.39 is 0 Å². The summed E-state index contributed by atoms with van der Waals surface area (Å²) in [6.07, 6.45) is 3.51. The van der Waals surface area contributed by atoms with Crippen LogP contribution < -0.4 is 5.73 Å². The predicted molar refractivity (Wildman–Crippen MR) is 54.6 cm³/mol. The summed E-state index contributed by atoms with van der Waals surface area (Å²) in [4.78, 5) is 0. The highest BCUT2D eigenvalue weighted by Crippen LogP contribution is 2.37. The number of ether oxygens (including phenoxy) is 1. The van der Waals surface area contributed by atoms with Crippen LogP contribution in [-0.4, -0.2) is 30.3 Å². The van der Waals surface area contributed by atoms with E-state index in [2.05, 4.69) is 18.7 Å². The molecule has 2 N–H and O–H groups in total. The van der Waals surface area contributed by atoms with E-state index in [1.165, 1.54) is 18.6 Å². The van der Waals surface area contributed by atoms with E-state index in [1.54, 1.807) is 0 Å². The maximum Gasteiger partial charge on any atom is 0.0479 e. The SMILES string of the molecule is CCSC1(CCN)CCOCC1. The zero-order chi connectivity index (χ0) is 8.86. The van der Waals surface area contributed by atoms with Gasteiger partial charge in [0.2, 0.25) is 0 Å². The molecule has 2 nitrogen and oxygen atoms in total. The quantitative estimate of drug-likeness (QED) is 0.730. The Labute approximate surface area is 79.2 Å². The van der Waals surface area contributed by atoms with Crippen molar-refractivity contribution in [1.29, 1.82) is 0 Å². The van der Waals surface area contributed by atoms with Gasteiger partial charge in [-0.15, -0.1) is 0 Å². The van der Waals surface area contributed by atoms with Crippen LogP contribution in [0.4, 0.5) is 0 Å². The molecule has 1 fully saturated rings. The Hall–Kier alpha value is 0.270. The van der Waals surface area contributed by atoms with Gasteiger partial charge < -0.3 is 10.5 Å². The van der Waals surface area contributed by atoms with E-state index in [1.807, 2.05) is 0 Å². The van der Waals surface area contributed by atoms with Crippen LogP contribution in [0.1, 0.15) is 26.2 Å². The first kappa shape index (κ1) is 10.4. The molecule has 0 atom stereocenters.